The van der Waals surface area contributed by atoms with Gasteiger partial charge in [-0.15, -0.1) is 0 Å². The van der Waals surface area contributed by atoms with Gasteiger partial charge in [-0.25, -0.2) is 9.59 Å². The Hall–Kier alpha value is -1.59. The van der Waals surface area contributed by atoms with Gasteiger partial charge in [-0.2, -0.15) is 0 Å². The average molecular weight is 175 g/mol. The molecule has 0 fully saturated rings. The third-order valence-corrected chi connectivity index (χ3v) is 1.57. The number of hydrogen-bond acceptors (Lipinski definition) is 3. The van der Waals surface area contributed by atoms with E-state index in [0.717, 1.165) is 0 Å². The van der Waals surface area contributed by atoms with E-state index in [2.05, 4.69) is 0 Å². The van der Waals surface area contributed by atoms with Gasteiger partial charge in [-0.3, -0.25) is 4.79 Å². The van der Waals surface area contributed by atoms with Gasteiger partial charge in [0.1, 0.15) is 0 Å². The molecule has 6 heteroatoms. The van der Waals surface area contributed by atoms with Crippen molar-refractivity contribution in [3.8, 4) is 0 Å². The summed E-state index contributed by atoms with van der Waals surface area (Å²) >= 11 is 0. The summed E-state index contributed by atoms with van der Waals surface area (Å²) in [7, 11) is 0. The monoisotopic (exact) mass is 175 g/mol. The molecule has 0 bridgehead atoms. The van der Waals surface area contributed by atoms with Gasteiger partial charge in [0.25, 0.3) is 0 Å². The molecule has 0 aliphatic rings. The molecule has 0 radical (unpaired) electrons. The van der Waals surface area contributed by atoms with Crippen LogP contribution in [0.1, 0.15) is 13.3 Å². The van der Waals surface area contributed by atoms with Crippen molar-refractivity contribution in [2.75, 3.05) is 0 Å². The fraction of sp³-hybridized carbons (Fsp3) is 0.500. The molecule has 6 nitrogen and oxygen atoms in total. The Labute approximate surface area is 68.2 Å². The summed E-state index contributed by atoms with van der Waals surface area (Å²) in [6, 6.07) is 0. The molecule has 0 heterocycles. The second-order valence-electron chi connectivity index (χ2n) is 2.13. The minimum atomic E-state index is -2.19. The maximum atomic E-state index is 10.5. The minimum Gasteiger partial charge on any atom is -0.479 e. The molecule has 0 atom stereocenters. The van der Waals surface area contributed by atoms with Crippen LogP contribution in [0, 0.1) is 0 Å². The molecule has 0 saturated carbocycles. The number of carboxylic acids is 2. The molecular formula is C6H9NO5. The number of carbonyl (C=O) groups excluding carboxylic acids is 1. The van der Waals surface area contributed by atoms with Crippen LogP contribution in [0.4, 0.5) is 0 Å². The van der Waals surface area contributed by atoms with Crippen molar-refractivity contribution in [3.05, 3.63) is 0 Å². The van der Waals surface area contributed by atoms with E-state index in [9.17, 15) is 14.4 Å². The topological polar surface area (TPSA) is 104 Å². The third kappa shape index (κ3) is 1.52. The van der Waals surface area contributed by atoms with E-state index in [1.807, 2.05) is 0 Å². The molecule has 68 valence electrons. The maximum Gasteiger partial charge on any atom is 0.341 e. The SMILES string of the molecule is CCC(NC=O)(C(=O)O)C(=O)O. The van der Waals surface area contributed by atoms with Gasteiger partial charge in [0.2, 0.25) is 11.9 Å². The van der Waals surface area contributed by atoms with Gasteiger partial charge >= 0.3 is 11.9 Å². The Kier molecular flexibility index (Phi) is 3.21. The minimum absolute atomic E-state index is 0.0613. The summed E-state index contributed by atoms with van der Waals surface area (Å²) in [6.45, 7) is 1.36. The number of hydrogen-bond donors (Lipinski definition) is 3. The second-order valence-corrected chi connectivity index (χ2v) is 2.13. The number of amides is 1. The van der Waals surface area contributed by atoms with Crippen molar-refractivity contribution in [3.63, 3.8) is 0 Å². The predicted molar refractivity (Wildman–Crippen MR) is 37.5 cm³/mol. The van der Waals surface area contributed by atoms with Gasteiger partial charge < -0.3 is 15.5 Å². The van der Waals surface area contributed by atoms with Crippen molar-refractivity contribution in [2.24, 2.45) is 0 Å². The molecule has 0 aromatic carbocycles. The summed E-state index contributed by atoms with van der Waals surface area (Å²) in [6.07, 6.45) is -0.151. The molecule has 3 N–H and O–H groups in total. The summed E-state index contributed by atoms with van der Waals surface area (Å²) in [4.78, 5) is 30.9. The fourth-order valence-corrected chi connectivity index (χ4v) is 0.720. The molecule has 0 aromatic rings. The normalized spacial score (nSPS) is 10.4. The van der Waals surface area contributed by atoms with Crippen LogP contribution < -0.4 is 5.32 Å². The van der Waals surface area contributed by atoms with Crippen molar-refractivity contribution in [2.45, 2.75) is 18.9 Å². The first kappa shape index (κ1) is 10.4. The number of nitrogens with one attached hydrogen (secondary N) is 1. The molecule has 0 aliphatic heterocycles. The van der Waals surface area contributed by atoms with Crippen LogP contribution in [0.2, 0.25) is 0 Å². The molecule has 0 aliphatic carbocycles. The Morgan fingerprint density at radius 2 is 1.83 bits per heavy atom. The highest BCUT2D eigenvalue weighted by Gasteiger charge is 2.44. The zero-order valence-electron chi connectivity index (χ0n) is 6.40. The molecule has 0 unspecified atom stereocenters. The summed E-state index contributed by atoms with van der Waals surface area (Å²) < 4.78 is 0. The molecular weight excluding hydrogens is 166 g/mol. The molecule has 0 aromatic heterocycles. The van der Waals surface area contributed by atoms with Crippen LogP contribution in [-0.2, 0) is 14.4 Å². The lowest BCUT2D eigenvalue weighted by Crippen LogP contribution is -2.57. The first-order valence-corrected chi connectivity index (χ1v) is 3.19. The van der Waals surface area contributed by atoms with Gasteiger partial charge in [0, 0.05) is 0 Å². The standard InChI is InChI=1S/C6H9NO5/c1-2-6(4(9)10,5(11)12)7-3-8/h3H,2H2,1H3,(H,7,8)(H,9,10)(H,11,12). The van der Waals surface area contributed by atoms with Crippen LogP contribution in [-0.4, -0.2) is 34.1 Å². The van der Waals surface area contributed by atoms with Crippen molar-refractivity contribution < 1.29 is 24.6 Å². The lowest BCUT2D eigenvalue weighted by molar-refractivity contribution is -0.160. The van der Waals surface area contributed by atoms with E-state index in [1.54, 1.807) is 5.32 Å². The van der Waals surface area contributed by atoms with Crippen LogP contribution in [0.3, 0.4) is 0 Å². The quantitative estimate of drug-likeness (QED) is 0.369. The molecule has 0 rings (SSSR count). The van der Waals surface area contributed by atoms with E-state index < -0.39 is 17.5 Å². The zero-order chi connectivity index (χ0) is 9.78. The average Bonchev–Trinajstić information content (AvgIpc) is 1.98. The fourth-order valence-electron chi connectivity index (χ4n) is 0.720. The van der Waals surface area contributed by atoms with E-state index in [1.165, 1.54) is 6.92 Å². The Bertz CT molecular complexity index is 198. The van der Waals surface area contributed by atoms with Crippen LogP contribution in [0.25, 0.3) is 0 Å². The molecule has 1 amide bonds. The van der Waals surface area contributed by atoms with Gasteiger partial charge in [0.15, 0.2) is 0 Å². The summed E-state index contributed by atoms with van der Waals surface area (Å²) in [5.41, 5.74) is -2.19. The lowest BCUT2D eigenvalue weighted by Gasteiger charge is -2.21. The highest BCUT2D eigenvalue weighted by Crippen LogP contribution is 2.09. The molecule has 12 heavy (non-hydrogen) atoms. The second kappa shape index (κ2) is 3.70. The summed E-state index contributed by atoms with van der Waals surface area (Å²) in [5, 5.41) is 18.8. The first-order valence-electron chi connectivity index (χ1n) is 3.19. The van der Waals surface area contributed by atoms with Crippen LogP contribution in [0.5, 0.6) is 0 Å². The van der Waals surface area contributed by atoms with E-state index >= 15 is 0 Å². The highest BCUT2D eigenvalue weighted by molar-refractivity contribution is 6.04. The van der Waals surface area contributed by atoms with Crippen molar-refractivity contribution in [1.29, 1.82) is 0 Å². The third-order valence-electron chi connectivity index (χ3n) is 1.57. The Morgan fingerprint density at radius 3 is 1.92 bits per heavy atom. The van der Waals surface area contributed by atoms with Gasteiger partial charge in [0.05, 0.1) is 0 Å². The maximum absolute atomic E-state index is 10.5. The number of carboxylic acid groups (broad SMARTS) is 2. The van der Waals surface area contributed by atoms with Crippen molar-refractivity contribution >= 4 is 18.3 Å². The lowest BCUT2D eigenvalue weighted by atomic mass is 9.97. The van der Waals surface area contributed by atoms with Gasteiger partial charge in [-0.05, 0) is 6.42 Å². The number of rotatable bonds is 5. The smallest absolute Gasteiger partial charge is 0.341 e. The highest BCUT2D eigenvalue weighted by atomic mass is 16.4. The summed E-state index contributed by atoms with van der Waals surface area (Å²) in [5.74, 6) is -3.16. The predicted octanol–water partition coefficient (Wildman–Crippen LogP) is -0.950. The van der Waals surface area contributed by atoms with Crippen LogP contribution in [0.15, 0.2) is 0 Å². The van der Waals surface area contributed by atoms with Gasteiger partial charge in [-0.1, -0.05) is 6.92 Å². The zero-order valence-corrected chi connectivity index (χ0v) is 6.40. The Balaban J connectivity index is 4.88. The van der Waals surface area contributed by atoms with E-state index in [0.29, 0.717) is 0 Å². The first-order chi connectivity index (χ1) is 5.51. The number of aliphatic carboxylic acids is 2. The largest absolute Gasteiger partial charge is 0.479 e. The number of carbonyl (C=O) groups is 3. The van der Waals surface area contributed by atoms with E-state index in [-0.39, 0.29) is 12.8 Å². The molecule has 0 spiro atoms. The van der Waals surface area contributed by atoms with E-state index in [4.69, 9.17) is 10.2 Å². The van der Waals surface area contributed by atoms with Crippen LogP contribution >= 0.6 is 0 Å². The van der Waals surface area contributed by atoms with Crippen molar-refractivity contribution in [1.82, 2.24) is 5.32 Å². The Morgan fingerprint density at radius 1 is 1.42 bits per heavy atom. The molecule has 0 saturated heterocycles.